The molecule has 0 fully saturated rings. The fraction of sp³-hybridized carbons (Fsp3) is 0.333. The SMILES string of the molecule is COc1ccc(N(c2ccc(OCCOCCO)cc2)c2ccc(OCCOCCO)cc2)cc1. The van der Waals surface area contributed by atoms with Crippen molar-refractivity contribution in [1.29, 1.82) is 0 Å². The van der Waals surface area contributed by atoms with Crippen LogP contribution < -0.4 is 19.1 Å². The summed E-state index contributed by atoms with van der Waals surface area (Å²) in [6.45, 7) is 2.28. The van der Waals surface area contributed by atoms with E-state index < -0.39 is 0 Å². The molecular formula is C27H33NO7. The fourth-order valence-electron chi connectivity index (χ4n) is 3.33. The number of anilines is 3. The molecule has 0 saturated carbocycles. The molecule has 0 aliphatic carbocycles. The van der Waals surface area contributed by atoms with Crippen molar-refractivity contribution in [1.82, 2.24) is 0 Å². The highest BCUT2D eigenvalue weighted by Crippen LogP contribution is 2.36. The Labute approximate surface area is 206 Å². The molecule has 0 atom stereocenters. The molecule has 3 aromatic rings. The van der Waals surface area contributed by atoms with E-state index in [1.807, 2.05) is 72.8 Å². The number of hydrogen-bond acceptors (Lipinski definition) is 8. The lowest BCUT2D eigenvalue weighted by molar-refractivity contribution is 0.0705. The molecule has 8 heteroatoms. The Hall–Kier alpha value is -3.30. The van der Waals surface area contributed by atoms with E-state index in [1.54, 1.807) is 7.11 Å². The van der Waals surface area contributed by atoms with Crippen LogP contribution >= 0.6 is 0 Å². The molecule has 0 unspecified atom stereocenters. The predicted octanol–water partition coefficient (Wildman–Crippen LogP) is 3.94. The highest BCUT2D eigenvalue weighted by molar-refractivity contribution is 5.77. The van der Waals surface area contributed by atoms with E-state index in [-0.39, 0.29) is 13.2 Å². The smallest absolute Gasteiger partial charge is 0.119 e. The lowest BCUT2D eigenvalue weighted by Gasteiger charge is -2.26. The van der Waals surface area contributed by atoms with E-state index in [1.165, 1.54) is 0 Å². The van der Waals surface area contributed by atoms with E-state index in [2.05, 4.69) is 4.90 Å². The minimum atomic E-state index is 0.00202. The summed E-state index contributed by atoms with van der Waals surface area (Å²) in [6, 6.07) is 23.5. The van der Waals surface area contributed by atoms with Crippen molar-refractivity contribution in [2.24, 2.45) is 0 Å². The lowest BCUT2D eigenvalue weighted by atomic mass is 10.2. The van der Waals surface area contributed by atoms with E-state index in [4.69, 9.17) is 33.9 Å². The van der Waals surface area contributed by atoms with E-state index in [0.29, 0.717) is 39.6 Å². The molecule has 35 heavy (non-hydrogen) atoms. The monoisotopic (exact) mass is 483 g/mol. The van der Waals surface area contributed by atoms with Gasteiger partial charge in [0.2, 0.25) is 0 Å². The van der Waals surface area contributed by atoms with Crippen molar-refractivity contribution in [3.63, 3.8) is 0 Å². The summed E-state index contributed by atoms with van der Waals surface area (Å²) in [5, 5.41) is 17.5. The topological polar surface area (TPSA) is 89.9 Å². The van der Waals surface area contributed by atoms with Gasteiger partial charge in [-0.2, -0.15) is 0 Å². The molecule has 0 bridgehead atoms. The van der Waals surface area contributed by atoms with Gasteiger partial charge >= 0.3 is 0 Å². The zero-order chi connectivity index (χ0) is 24.7. The quantitative estimate of drug-likeness (QED) is 0.296. The summed E-state index contributed by atoms with van der Waals surface area (Å²) in [7, 11) is 1.65. The van der Waals surface area contributed by atoms with Crippen LogP contribution in [0.25, 0.3) is 0 Å². The number of aliphatic hydroxyl groups is 2. The lowest BCUT2D eigenvalue weighted by Crippen LogP contribution is -2.11. The van der Waals surface area contributed by atoms with E-state index >= 15 is 0 Å². The summed E-state index contributed by atoms with van der Waals surface area (Å²) >= 11 is 0. The number of nitrogens with zero attached hydrogens (tertiary/aromatic N) is 1. The molecule has 0 radical (unpaired) electrons. The number of ether oxygens (including phenoxy) is 5. The maximum absolute atomic E-state index is 8.77. The number of hydrogen-bond donors (Lipinski definition) is 2. The highest BCUT2D eigenvalue weighted by atomic mass is 16.5. The number of rotatable bonds is 16. The maximum atomic E-state index is 8.77. The first-order chi connectivity index (χ1) is 17.2. The fourth-order valence-corrected chi connectivity index (χ4v) is 3.33. The summed E-state index contributed by atoms with van der Waals surface area (Å²) in [6.07, 6.45) is 0. The van der Waals surface area contributed by atoms with Crippen molar-refractivity contribution in [3.8, 4) is 17.2 Å². The molecule has 188 valence electrons. The van der Waals surface area contributed by atoms with E-state index in [0.717, 1.165) is 34.3 Å². The molecule has 0 aliphatic heterocycles. The largest absolute Gasteiger partial charge is 0.497 e. The van der Waals surface area contributed by atoms with Gasteiger partial charge in [0.1, 0.15) is 30.5 Å². The van der Waals surface area contributed by atoms with Crippen LogP contribution in [0.3, 0.4) is 0 Å². The van der Waals surface area contributed by atoms with Gasteiger partial charge in [-0.3, -0.25) is 0 Å². The summed E-state index contributed by atoms with van der Waals surface area (Å²) < 4.78 is 27.2. The van der Waals surface area contributed by atoms with Gasteiger partial charge in [-0.05, 0) is 72.8 Å². The second-order valence-corrected chi connectivity index (χ2v) is 7.39. The van der Waals surface area contributed by atoms with Crippen molar-refractivity contribution in [3.05, 3.63) is 72.8 Å². The zero-order valence-corrected chi connectivity index (χ0v) is 20.0. The minimum Gasteiger partial charge on any atom is -0.497 e. The Morgan fingerprint density at radius 3 is 1.23 bits per heavy atom. The molecule has 0 aromatic heterocycles. The van der Waals surface area contributed by atoms with Gasteiger partial charge < -0.3 is 38.8 Å². The third kappa shape index (κ3) is 8.45. The van der Waals surface area contributed by atoms with Gasteiger partial charge in [0, 0.05) is 17.1 Å². The third-order valence-corrected chi connectivity index (χ3v) is 4.98. The predicted molar refractivity (Wildman–Crippen MR) is 134 cm³/mol. The summed E-state index contributed by atoms with van der Waals surface area (Å²) in [5.41, 5.74) is 2.90. The molecule has 0 heterocycles. The van der Waals surface area contributed by atoms with Crippen LogP contribution in [-0.2, 0) is 9.47 Å². The van der Waals surface area contributed by atoms with Crippen molar-refractivity contribution in [2.45, 2.75) is 0 Å². The Morgan fingerprint density at radius 2 is 0.886 bits per heavy atom. The third-order valence-electron chi connectivity index (χ3n) is 4.98. The van der Waals surface area contributed by atoms with Gasteiger partial charge in [-0.25, -0.2) is 0 Å². The first kappa shape index (κ1) is 26.3. The van der Waals surface area contributed by atoms with Gasteiger partial charge in [0.25, 0.3) is 0 Å². The molecular weight excluding hydrogens is 450 g/mol. The maximum Gasteiger partial charge on any atom is 0.119 e. The molecule has 0 saturated heterocycles. The second-order valence-electron chi connectivity index (χ2n) is 7.39. The highest BCUT2D eigenvalue weighted by Gasteiger charge is 2.13. The van der Waals surface area contributed by atoms with Crippen LogP contribution in [0.2, 0.25) is 0 Å². The molecule has 0 amide bonds. The van der Waals surface area contributed by atoms with Gasteiger partial charge in [0.15, 0.2) is 0 Å². The molecule has 0 spiro atoms. The standard InChI is InChI=1S/C27H33NO7/c1-31-25-8-2-22(3-9-25)28(23-4-10-26(11-5-23)34-20-18-32-16-14-29)24-6-12-27(13-7-24)35-21-19-33-17-15-30/h2-13,29-30H,14-21H2,1H3. The van der Waals surface area contributed by atoms with Gasteiger partial charge in [-0.15, -0.1) is 0 Å². The van der Waals surface area contributed by atoms with Crippen LogP contribution in [0.1, 0.15) is 0 Å². The first-order valence-corrected chi connectivity index (χ1v) is 11.5. The van der Waals surface area contributed by atoms with Crippen molar-refractivity contribution < 1.29 is 33.9 Å². The van der Waals surface area contributed by atoms with Gasteiger partial charge in [-0.1, -0.05) is 0 Å². The molecule has 3 aromatic carbocycles. The normalized spacial score (nSPS) is 10.7. The van der Waals surface area contributed by atoms with Crippen LogP contribution in [0.4, 0.5) is 17.1 Å². The summed E-state index contributed by atoms with van der Waals surface area (Å²) in [4.78, 5) is 2.13. The Morgan fingerprint density at radius 1 is 0.514 bits per heavy atom. The second kappa shape index (κ2) is 14.9. The summed E-state index contributed by atoms with van der Waals surface area (Å²) in [5.74, 6) is 2.26. The Balaban J connectivity index is 1.73. The van der Waals surface area contributed by atoms with Crippen LogP contribution in [0.5, 0.6) is 17.2 Å². The van der Waals surface area contributed by atoms with Crippen LogP contribution in [-0.4, -0.2) is 70.2 Å². The van der Waals surface area contributed by atoms with Crippen molar-refractivity contribution in [2.75, 3.05) is 64.9 Å². The van der Waals surface area contributed by atoms with Crippen molar-refractivity contribution >= 4 is 17.1 Å². The molecule has 0 aliphatic rings. The zero-order valence-electron chi connectivity index (χ0n) is 20.0. The van der Waals surface area contributed by atoms with E-state index in [9.17, 15) is 0 Å². The van der Waals surface area contributed by atoms with Crippen LogP contribution in [0.15, 0.2) is 72.8 Å². The van der Waals surface area contributed by atoms with Gasteiger partial charge in [0.05, 0.1) is 46.8 Å². The first-order valence-electron chi connectivity index (χ1n) is 11.5. The molecule has 8 nitrogen and oxygen atoms in total. The number of aliphatic hydroxyl groups excluding tert-OH is 2. The average Bonchev–Trinajstić information content (AvgIpc) is 2.91. The minimum absolute atomic E-state index is 0.00202. The number of methoxy groups -OCH3 is 1. The average molecular weight is 484 g/mol. The number of benzene rings is 3. The Bertz CT molecular complexity index is 905. The molecule has 3 rings (SSSR count). The molecule has 2 N–H and O–H groups in total. The Kier molecular flexibility index (Phi) is 11.2. The van der Waals surface area contributed by atoms with Crippen LogP contribution in [0, 0.1) is 0 Å².